The second-order valence-electron chi connectivity index (χ2n) is 4.46. The van der Waals surface area contributed by atoms with Crippen molar-refractivity contribution in [3.05, 3.63) is 0 Å². The molecule has 1 rings (SSSR count). The van der Waals surface area contributed by atoms with E-state index in [-0.39, 0.29) is 5.60 Å². The highest BCUT2D eigenvalue weighted by molar-refractivity contribution is 4.74. The smallest absolute Gasteiger partial charge is 0.0750 e. The van der Waals surface area contributed by atoms with Crippen molar-refractivity contribution in [1.29, 1.82) is 0 Å². The van der Waals surface area contributed by atoms with E-state index in [1.807, 2.05) is 6.92 Å². The SMILES string of the molecule is CCOC(C)(C)CNCC1CCCO1. The number of rotatable bonds is 6. The van der Waals surface area contributed by atoms with Crippen molar-refractivity contribution in [3.63, 3.8) is 0 Å². The first-order chi connectivity index (χ1) is 6.64. The van der Waals surface area contributed by atoms with Crippen LogP contribution in [0.25, 0.3) is 0 Å². The van der Waals surface area contributed by atoms with Gasteiger partial charge >= 0.3 is 0 Å². The van der Waals surface area contributed by atoms with Gasteiger partial charge in [-0.1, -0.05) is 0 Å². The van der Waals surface area contributed by atoms with Gasteiger partial charge in [-0.05, 0) is 33.6 Å². The van der Waals surface area contributed by atoms with Gasteiger partial charge in [0.15, 0.2) is 0 Å². The first kappa shape index (κ1) is 12.0. The first-order valence-corrected chi connectivity index (χ1v) is 5.60. The number of nitrogens with one attached hydrogen (secondary N) is 1. The minimum atomic E-state index is -0.0621. The zero-order chi connectivity index (χ0) is 10.4. The van der Waals surface area contributed by atoms with E-state index in [1.54, 1.807) is 0 Å². The Hall–Kier alpha value is -0.120. The van der Waals surface area contributed by atoms with Crippen LogP contribution in [0, 0.1) is 0 Å². The third-order valence-corrected chi connectivity index (χ3v) is 2.48. The van der Waals surface area contributed by atoms with Crippen molar-refractivity contribution in [2.75, 3.05) is 26.3 Å². The molecular weight excluding hydrogens is 178 g/mol. The van der Waals surface area contributed by atoms with E-state index in [4.69, 9.17) is 9.47 Å². The summed E-state index contributed by atoms with van der Waals surface area (Å²) in [6.45, 7) is 9.80. The molecule has 0 amide bonds. The summed E-state index contributed by atoms with van der Waals surface area (Å²) in [5, 5.41) is 3.40. The standard InChI is InChI=1S/C11H23NO2/c1-4-14-11(2,3)9-12-8-10-6-5-7-13-10/h10,12H,4-9H2,1-3H3. The van der Waals surface area contributed by atoms with Crippen molar-refractivity contribution in [3.8, 4) is 0 Å². The van der Waals surface area contributed by atoms with Gasteiger partial charge in [0.05, 0.1) is 11.7 Å². The van der Waals surface area contributed by atoms with Gasteiger partial charge in [0.2, 0.25) is 0 Å². The van der Waals surface area contributed by atoms with Crippen LogP contribution >= 0.6 is 0 Å². The largest absolute Gasteiger partial charge is 0.377 e. The van der Waals surface area contributed by atoms with Crippen LogP contribution in [0.2, 0.25) is 0 Å². The number of hydrogen-bond donors (Lipinski definition) is 1. The van der Waals surface area contributed by atoms with Crippen molar-refractivity contribution >= 4 is 0 Å². The summed E-state index contributed by atoms with van der Waals surface area (Å²) in [6.07, 6.45) is 2.83. The third-order valence-electron chi connectivity index (χ3n) is 2.48. The average molecular weight is 201 g/mol. The summed E-state index contributed by atoms with van der Waals surface area (Å²) in [5.74, 6) is 0. The first-order valence-electron chi connectivity index (χ1n) is 5.60. The lowest BCUT2D eigenvalue weighted by atomic mass is 10.1. The fraction of sp³-hybridized carbons (Fsp3) is 1.00. The van der Waals surface area contributed by atoms with E-state index in [9.17, 15) is 0 Å². The zero-order valence-electron chi connectivity index (χ0n) is 9.64. The summed E-state index contributed by atoms with van der Waals surface area (Å²) >= 11 is 0. The minimum absolute atomic E-state index is 0.0621. The lowest BCUT2D eigenvalue weighted by Gasteiger charge is -2.25. The van der Waals surface area contributed by atoms with Crippen LogP contribution in [0.5, 0.6) is 0 Å². The molecule has 1 fully saturated rings. The van der Waals surface area contributed by atoms with Gasteiger partial charge in [-0.3, -0.25) is 0 Å². The quantitative estimate of drug-likeness (QED) is 0.707. The topological polar surface area (TPSA) is 30.5 Å². The van der Waals surface area contributed by atoms with Crippen molar-refractivity contribution < 1.29 is 9.47 Å². The summed E-state index contributed by atoms with van der Waals surface area (Å²) < 4.78 is 11.1. The summed E-state index contributed by atoms with van der Waals surface area (Å²) in [4.78, 5) is 0. The normalized spacial score (nSPS) is 22.9. The molecule has 3 nitrogen and oxygen atoms in total. The maximum atomic E-state index is 5.59. The highest BCUT2D eigenvalue weighted by Gasteiger charge is 2.19. The highest BCUT2D eigenvalue weighted by atomic mass is 16.5. The Morgan fingerprint density at radius 3 is 2.86 bits per heavy atom. The highest BCUT2D eigenvalue weighted by Crippen LogP contribution is 2.11. The molecule has 0 radical (unpaired) electrons. The Balaban J connectivity index is 2.07. The summed E-state index contributed by atoms with van der Waals surface area (Å²) in [6, 6.07) is 0. The molecule has 1 aliphatic rings. The van der Waals surface area contributed by atoms with Crippen LogP contribution in [0.3, 0.4) is 0 Å². The Kier molecular flexibility index (Phi) is 4.85. The van der Waals surface area contributed by atoms with Gasteiger partial charge in [-0.15, -0.1) is 0 Å². The fourth-order valence-electron chi connectivity index (χ4n) is 1.78. The van der Waals surface area contributed by atoms with E-state index in [1.165, 1.54) is 12.8 Å². The molecule has 0 spiro atoms. The second kappa shape index (κ2) is 5.69. The molecule has 1 aliphatic heterocycles. The average Bonchev–Trinajstić information content (AvgIpc) is 2.56. The molecule has 1 N–H and O–H groups in total. The maximum absolute atomic E-state index is 5.59. The van der Waals surface area contributed by atoms with E-state index < -0.39 is 0 Å². The van der Waals surface area contributed by atoms with Crippen LogP contribution < -0.4 is 5.32 Å². The molecule has 1 saturated heterocycles. The molecule has 0 bridgehead atoms. The predicted octanol–water partition coefficient (Wildman–Crippen LogP) is 1.57. The molecule has 14 heavy (non-hydrogen) atoms. The van der Waals surface area contributed by atoms with Crippen LogP contribution in [-0.4, -0.2) is 38.0 Å². The third kappa shape index (κ3) is 4.40. The molecule has 0 saturated carbocycles. The lowest BCUT2D eigenvalue weighted by Crippen LogP contribution is -2.40. The summed E-state index contributed by atoms with van der Waals surface area (Å²) in [7, 11) is 0. The Morgan fingerprint density at radius 1 is 1.50 bits per heavy atom. The van der Waals surface area contributed by atoms with Gasteiger partial charge < -0.3 is 14.8 Å². The number of hydrogen-bond acceptors (Lipinski definition) is 3. The fourth-order valence-corrected chi connectivity index (χ4v) is 1.78. The molecule has 1 unspecified atom stereocenters. The van der Waals surface area contributed by atoms with Gasteiger partial charge in [0, 0.05) is 26.3 Å². The summed E-state index contributed by atoms with van der Waals surface area (Å²) in [5.41, 5.74) is -0.0621. The minimum Gasteiger partial charge on any atom is -0.377 e. The maximum Gasteiger partial charge on any atom is 0.0750 e. The van der Waals surface area contributed by atoms with Crippen molar-refractivity contribution in [1.82, 2.24) is 5.32 Å². The van der Waals surface area contributed by atoms with Gasteiger partial charge in [0.25, 0.3) is 0 Å². The molecule has 0 aliphatic carbocycles. The van der Waals surface area contributed by atoms with E-state index in [0.29, 0.717) is 6.10 Å². The monoisotopic (exact) mass is 201 g/mol. The molecule has 0 aromatic rings. The van der Waals surface area contributed by atoms with Gasteiger partial charge in [0.1, 0.15) is 0 Å². The second-order valence-corrected chi connectivity index (χ2v) is 4.46. The van der Waals surface area contributed by atoms with Crippen LogP contribution in [-0.2, 0) is 9.47 Å². The van der Waals surface area contributed by atoms with Gasteiger partial charge in [-0.25, -0.2) is 0 Å². The molecule has 1 atom stereocenters. The van der Waals surface area contributed by atoms with E-state index in [2.05, 4.69) is 19.2 Å². The van der Waals surface area contributed by atoms with Crippen molar-refractivity contribution in [2.24, 2.45) is 0 Å². The van der Waals surface area contributed by atoms with Crippen LogP contribution in [0.15, 0.2) is 0 Å². The number of ether oxygens (including phenoxy) is 2. The van der Waals surface area contributed by atoms with E-state index in [0.717, 1.165) is 26.3 Å². The van der Waals surface area contributed by atoms with Gasteiger partial charge in [-0.2, -0.15) is 0 Å². The lowest BCUT2D eigenvalue weighted by molar-refractivity contribution is -0.0110. The molecule has 84 valence electrons. The zero-order valence-corrected chi connectivity index (χ0v) is 9.64. The molecule has 1 heterocycles. The van der Waals surface area contributed by atoms with Crippen molar-refractivity contribution in [2.45, 2.75) is 45.3 Å². The van der Waals surface area contributed by atoms with Crippen LogP contribution in [0.4, 0.5) is 0 Å². The molecule has 0 aromatic heterocycles. The molecule has 0 aromatic carbocycles. The Bertz CT molecular complexity index is 153. The van der Waals surface area contributed by atoms with Crippen LogP contribution in [0.1, 0.15) is 33.6 Å². The molecule has 3 heteroatoms. The Labute approximate surface area is 87.2 Å². The predicted molar refractivity (Wildman–Crippen MR) is 57.5 cm³/mol. The molecular formula is C11H23NO2. The Morgan fingerprint density at radius 2 is 2.29 bits per heavy atom. The van der Waals surface area contributed by atoms with E-state index >= 15 is 0 Å².